The van der Waals surface area contributed by atoms with E-state index in [1.54, 1.807) is 13.8 Å². The van der Waals surface area contributed by atoms with Gasteiger partial charge in [-0.2, -0.15) is 0 Å². The van der Waals surface area contributed by atoms with Crippen LogP contribution in [0.4, 0.5) is 0 Å². The molecule has 0 radical (unpaired) electrons. The lowest BCUT2D eigenvalue weighted by molar-refractivity contribution is -0.134. The minimum atomic E-state index is -0.174. The molecule has 0 aromatic carbocycles. The highest BCUT2D eigenvalue weighted by Crippen LogP contribution is 2.35. The molecule has 4 heteroatoms. The van der Waals surface area contributed by atoms with Crippen LogP contribution < -0.4 is 10.6 Å². The zero-order chi connectivity index (χ0) is 13.1. The van der Waals surface area contributed by atoms with Gasteiger partial charge < -0.3 is 5.32 Å². The Bertz CT molecular complexity index is 328. The maximum absolute atomic E-state index is 12.0. The van der Waals surface area contributed by atoms with Crippen molar-refractivity contribution in [3.63, 3.8) is 0 Å². The standard InChI is InChI=1S/C14H24N2O2/c1-9(2)13(17)16-14(18)12-7-10-5-3-4-6-11(10)8-15-12/h9-12,15H,3-8H2,1-2H3,(H,16,17,18)/t10-,11+,12-/m0/s1. The molecule has 1 heterocycles. The molecule has 0 aromatic rings. The topological polar surface area (TPSA) is 58.2 Å². The Balaban J connectivity index is 1.86. The molecule has 2 amide bonds. The Morgan fingerprint density at radius 1 is 1.17 bits per heavy atom. The lowest BCUT2D eigenvalue weighted by Crippen LogP contribution is -2.53. The van der Waals surface area contributed by atoms with Crippen molar-refractivity contribution < 1.29 is 9.59 Å². The molecule has 1 aliphatic carbocycles. The third kappa shape index (κ3) is 3.10. The summed E-state index contributed by atoms with van der Waals surface area (Å²) in [5, 5.41) is 5.80. The molecule has 2 rings (SSSR count). The maximum Gasteiger partial charge on any atom is 0.243 e. The average Bonchev–Trinajstić information content (AvgIpc) is 2.37. The SMILES string of the molecule is CC(C)C(=O)NC(=O)[C@@H]1C[C@@H]2CCCC[C@@H]2CN1. The van der Waals surface area contributed by atoms with E-state index in [0.29, 0.717) is 5.92 Å². The van der Waals surface area contributed by atoms with Crippen LogP contribution in [0, 0.1) is 17.8 Å². The summed E-state index contributed by atoms with van der Waals surface area (Å²) in [6.07, 6.45) is 6.04. The van der Waals surface area contributed by atoms with E-state index in [1.165, 1.54) is 25.7 Å². The fourth-order valence-electron chi connectivity index (χ4n) is 3.10. The van der Waals surface area contributed by atoms with E-state index in [-0.39, 0.29) is 23.8 Å². The van der Waals surface area contributed by atoms with Gasteiger partial charge in [0, 0.05) is 5.92 Å². The Kier molecular flexibility index (Phi) is 4.38. The summed E-state index contributed by atoms with van der Waals surface area (Å²) in [5.41, 5.74) is 0. The molecule has 3 atom stereocenters. The summed E-state index contributed by atoms with van der Waals surface area (Å²) < 4.78 is 0. The molecule has 0 bridgehead atoms. The molecule has 102 valence electrons. The summed E-state index contributed by atoms with van der Waals surface area (Å²) >= 11 is 0. The number of fused-ring (bicyclic) bond motifs is 1. The minimum absolute atomic E-state index is 0.139. The van der Waals surface area contributed by atoms with Crippen molar-refractivity contribution in [3.05, 3.63) is 0 Å². The highest BCUT2D eigenvalue weighted by Gasteiger charge is 2.35. The summed E-state index contributed by atoms with van der Waals surface area (Å²) in [6.45, 7) is 4.53. The molecule has 0 unspecified atom stereocenters. The van der Waals surface area contributed by atoms with Gasteiger partial charge in [0.25, 0.3) is 0 Å². The van der Waals surface area contributed by atoms with Crippen LogP contribution in [0.15, 0.2) is 0 Å². The Morgan fingerprint density at radius 2 is 1.83 bits per heavy atom. The van der Waals surface area contributed by atoms with Gasteiger partial charge >= 0.3 is 0 Å². The quantitative estimate of drug-likeness (QED) is 0.782. The van der Waals surface area contributed by atoms with Crippen molar-refractivity contribution in [2.24, 2.45) is 17.8 Å². The predicted octanol–water partition coefficient (Wildman–Crippen LogP) is 1.45. The van der Waals surface area contributed by atoms with Crippen LogP contribution in [0.1, 0.15) is 46.0 Å². The number of rotatable bonds is 2. The largest absolute Gasteiger partial charge is 0.306 e. The smallest absolute Gasteiger partial charge is 0.243 e. The summed E-state index contributed by atoms with van der Waals surface area (Å²) in [6, 6.07) is -0.174. The van der Waals surface area contributed by atoms with Crippen LogP contribution >= 0.6 is 0 Å². The molecule has 0 aromatic heterocycles. The number of amides is 2. The van der Waals surface area contributed by atoms with Crippen LogP contribution in [-0.2, 0) is 9.59 Å². The van der Waals surface area contributed by atoms with Crippen molar-refractivity contribution in [3.8, 4) is 0 Å². The zero-order valence-corrected chi connectivity index (χ0v) is 11.4. The molecule has 18 heavy (non-hydrogen) atoms. The fraction of sp³-hybridized carbons (Fsp3) is 0.857. The van der Waals surface area contributed by atoms with E-state index in [2.05, 4.69) is 10.6 Å². The first-order valence-electron chi connectivity index (χ1n) is 7.16. The molecular formula is C14H24N2O2. The van der Waals surface area contributed by atoms with E-state index in [1.807, 2.05) is 0 Å². The van der Waals surface area contributed by atoms with E-state index in [9.17, 15) is 9.59 Å². The number of imide groups is 1. The molecule has 1 saturated heterocycles. The number of carbonyl (C=O) groups excluding carboxylic acids is 2. The number of hydrogen-bond acceptors (Lipinski definition) is 3. The van der Waals surface area contributed by atoms with Gasteiger partial charge in [0.15, 0.2) is 0 Å². The maximum atomic E-state index is 12.0. The lowest BCUT2D eigenvalue weighted by Gasteiger charge is -2.39. The fourth-order valence-corrected chi connectivity index (χ4v) is 3.10. The van der Waals surface area contributed by atoms with Gasteiger partial charge in [0.05, 0.1) is 6.04 Å². The number of piperidine rings is 1. The molecule has 0 spiro atoms. The molecular weight excluding hydrogens is 228 g/mol. The average molecular weight is 252 g/mol. The molecule has 1 aliphatic heterocycles. The third-order valence-electron chi connectivity index (χ3n) is 4.32. The number of nitrogens with one attached hydrogen (secondary N) is 2. The Morgan fingerprint density at radius 3 is 2.50 bits per heavy atom. The lowest BCUT2D eigenvalue weighted by atomic mass is 9.73. The minimum Gasteiger partial charge on any atom is -0.306 e. The summed E-state index contributed by atoms with van der Waals surface area (Å²) in [4.78, 5) is 23.5. The number of hydrogen-bond donors (Lipinski definition) is 2. The van der Waals surface area contributed by atoms with Crippen molar-refractivity contribution in [2.75, 3.05) is 6.54 Å². The van der Waals surface area contributed by atoms with Crippen molar-refractivity contribution in [1.82, 2.24) is 10.6 Å². The van der Waals surface area contributed by atoms with Gasteiger partial charge in [-0.3, -0.25) is 14.9 Å². The van der Waals surface area contributed by atoms with Crippen LogP contribution in [0.25, 0.3) is 0 Å². The van der Waals surface area contributed by atoms with E-state index in [4.69, 9.17) is 0 Å². The molecule has 2 aliphatic rings. The second kappa shape index (κ2) is 5.83. The summed E-state index contributed by atoms with van der Waals surface area (Å²) in [7, 11) is 0. The van der Waals surface area contributed by atoms with Crippen molar-refractivity contribution in [1.29, 1.82) is 0 Å². The van der Waals surface area contributed by atoms with Gasteiger partial charge in [-0.25, -0.2) is 0 Å². The molecule has 2 fully saturated rings. The summed E-state index contributed by atoms with van der Waals surface area (Å²) in [5.74, 6) is 0.957. The van der Waals surface area contributed by atoms with Gasteiger partial charge in [0.2, 0.25) is 11.8 Å². The van der Waals surface area contributed by atoms with Gasteiger partial charge in [-0.1, -0.05) is 33.1 Å². The monoisotopic (exact) mass is 252 g/mol. The third-order valence-corrected chi connectivity index (χ3v) is 4.32. The van der Waals surface area contributed by atoms with Gasteiger partial charge in [-0.05, 0) is 31.2 Å². The second-order valence-electron chi connectivity index (χ2n) is 6.01. The van der Waals surface area contributed by atoms with Crippen molar-refractivity contribution in [2.45, 2.75) is 52.0 Å². The van der Waals surface area contributed by atoms with Crippen LogP contribution in [0.2, 0.25) is 0 Å². The van der Waals surface area contributed by atoms with Gasteiger partial charge in [-0.15, -0.1) is 0 Å². The molecule has 1 saturated carbocycles. The Hall–Kier alpha value is -0.900. The first-order chi connectivity index (χ1) is 8.58. The molecule has 2 N–H and O–H groups in total. The highest BCUT2D eigenvalue weighted by atomic mass is 16.2. The normalized spacial score (nSPS) is 31.8. The Labute approximate surface area is 109 Å². The molecule has 4 nitrogen and oxygen atoms in total. The van der Waals surface area contributed by atoms with Gasteiger partial charge in [0.1, 0.15) is 0 Å². The predicted molar refractivity (Wildman–Crippen MR) is 69.8 cm³/mol. The van der Waals surface area contributed by atoms with Crippen LogP contribution in [0.5, 0.6) is 0 Å². The highest BCUT2D eigenvalue weighted by molar-refractivity contribution is 5.98. The van der Waals surface area contributed by atoms with E-state index >= 15 is 0 Å². The van der Waals surface area contributed by atoms with Crippen LogP contribution in [-0.4, -0.2) is 24.4 Å². The first kappa shape index (κ1) is 13.5. The van der Waals surface area contributed by atoms with E-state index < -0.39 is 0 Å². The zero-order valence-electron chi connectivity index (χ0n) is 11.4. The first-order valence-corrected chi connectivity index (χ1v) is 7.16. The van der Waals surface area contributed by atoms with Crippen LogP contribution in [0.3, 0.4) is 0 Å². The second-order valence-corrected chi connectivity index (χ2v) is 6.01. The van der Waals surface area contributed by atoms with Crippen molar-refractivity contribution >= 4 is 11.8 Å². The number of carbonyl (C=O) groups is 2. The van der Waals surface area contributed by atoms with E-state index in [0.717, 1.165) is 18.9 Å².